The van der Waals surface area contributed by atoms with E-state index >= 15 is 0 Å². The van der Waals surface area contributed by atoms with E-state index in [0.29, 0.717) is 5.92 Å². The van der Waals surface area contributed by atoms with E-state index in [1.165, 1.54) is 49.0 Å². The molecule has 1 heteroatoms. The lowest BCUT2D eigenvalue weighted by Gasteiger charge is -2.31. The van der Waals surface area contributed by atoms with E-state index in [1.807, 2.05) is 0 Å². The van der Waals surface area contributed by atoms with Gasteiger partial charge in [0.05, 0.1) is 0 Å². The zero-order chi connectivity index (χ0) is 20.1. The first-order chi connectivity index (χ1) is 14.8. The van der Waals surface area contributed by atoms with Gasteiger partial charge in [-0.2, -0.15) is 0 Å². The van der Waals surface area contributed by atoms with E-state index in [1.54, 1.807) is 0 Å². The van der Waals surface area contributed by atoms with Crippen LogP contribution in [0.1, 0.15) is 29.0 Å². The van der Waals surface area contributed by atoms with Crippen LogP contribution in [0.2, 0.25) is 0 Å². The maximum absolute atomic E-state index is 6.58. The Kier molecular flexibility index (Phi) is 4.11. The number of hydrogen-bond acceptors (Lipinski definition) is 1. The summed E-state index contributed by atoms with van der Waals surface area (Å²) in [6, 6.07) is 33.8. The largest absolute Gasteiger partial charge is 0.327 e. The van der Waals surface area contributed by atoms with E-state index in [9.17, 15) is 0 Å². The van der Waals surface area contributed by atoms with E-state index < -0.39 is 0 Å². The molecular weight excluding hydrogens is 362 g/mol. The van der Waals surface area contributed by atoms with Gasteiger partial charge >= 0.3 is 0 Å². The molecule has 2 unspecified atom stereocenters. The van der Waals surface area contributed by atoms with Crippen molar-refractivity contribution in [1.82, 2.24) is 0 Å². The van der Waals surface area contributed by atoms with Crippen LogP contribution in [-0.2, 0) is 12.8 Å². The predicted molar refractivity (Wildman–Crippen MR) is 128 cm³/mol. The molecule has 30 heavy (non-hydrogen) atoms. The van der Waals surface area contributed by atoms with Crippen molar-refractivity contribution in [2.75, 3.05) is 0 Å². The van der Waals surface area contributed by atoms with Gasteiger partial charge in [-0.05, 0) is 68.3 Å². The molecule has 0 bridgehead atoms. The standard InChI is InChI=1S/C29H25N/c30-29-16-12-21-6-2-4-8-24(21)28(29)18-19-9-13-25-22(17-19)11-15-26-23-7-3-1-5-20(23)10-14-27(25)26/h1-11,13-15,17,28-29H,12,16,18,30H2. The van der Waals surface area contributed by atoms with Crippen LogP contribution in [0.25, 0.3) is 32.3 Å². The van der Waals surface area contributed by atoms with Crippen molar-refractivity contribution in [1.29, 1.82) is 0 Å². The second kappa shape index (κ2) is 6.97. The highest BCUT2D eigenvalue weighted by Gasteiger charge is 2.26. The van der Waals surface area contributed by atoms with Crippen LogP contribution in [0, 0.1) is 0 Å². The average molecular weight is 388 g/mol. The number of aryl methyl sites for hydroxylation is 1. The van der Waals surface area contributed by atoms with Crippen LogP contribution < -0.4 is 5.73 Å². The van der Waals surface area contributed by atoms with Crippen molar-refractivity contribution in [3.63, 3.8) is 0 Å². The summed E-state index contributed by atoms with van der Waals surface area (Å²) < 4.78 is 0. The van der Waals surface area contributed by atoms with Crippen LogP contribution in [0.15, 0.2) is 91.0 Å². The lowest BCUT2D eigenvalue weighted by molar-refractivity contribution is 0.467. The Bertz CT molecular complexity index is 1400. The van der Waals surface area contributed by atoms with Gasteiger partial charge in [0.1, 0.15) is 0 Å². The molecule has 1 aliphatic rings. The normalized spacial score (nSPS) is 18.7. The van der Waals surface area contributed by atoms with Crippen molar-refractivity contribution in [2.24, 2.45) is 5.73 Å². The molecule has 0 spiro atoms. The van der Waals surface area contributed by atoms with Crippen molar-refractivity contribution in [3.05, 3.63) is 108 Å². The molecule has 0 aliphatic heterocycles. The van der Waals surface area contributed by atoms with Crippen LogP contribution in [-0.4, -0.2) is 6.04 Å². The highest BCUT2D eigenvalue weighted by Crippen LogP contribution is 2.35. The van der Waals surface area contributed by atoms with Gasteiger partial charge in [0, 0.05) is 12.0 Å². The Morgan fingerprint density at radius 1 is 0.667 bits per heavy atom. The van der Waals surface area contributed by atoms with Gasteiger partial charge in [-0.25, -0.2) is 0 Å². The topological polar surface area (TPSA) is 26.0 Å². The molecule has 1 nitrogen and oxygen atoms in total. The third-order valence-electron chi connectivity index (χ3n) is 6.98. The van der Waals surface area contributed by atoms with Crippen molar-refractivity contribution < 1.29 is 0 Å². The SMILES string of the molecule is NC1CCc2ccccc2C1Cc1ccc2c(ccc3c4ccccc4ccc23)c1. The second-order valence-corrected chi connectivity index (χ2v) is 8.71. The van der Waals surface area contributed by atoms with Gasteiger partial charge in [0.25, 0.3) is 0 Å². The first-order valence-electron chi connectivity index (χ1n) is 10.9. The molecule has 0 aromatic heterocycles. The fraction of sp³-hybridized carbons (Fsp3) is 0.172. The quantitative estimate of drug-likeness (QED) is 0.333. The van der Waals surface area contributed by atoms with E-state index in [2.05, 4.69) is 91.0 Å². The van der Waals surface area contributed by atoms with Crippen LogP contribution in [0.5, 0.6) is 0 Å². The lowest BCUT2D eigenvalue weighted by Crippen LogP contribution is -2.34. The number of nitrogens with two attached hydrogens (primary N) is 1. The average Bonchev–Trinajstić information content (AvgIpc) is 2.80. The minimum absolute atomic E-state index is 0.235. The third-order valence-corrected chi connectivity index (χ3v) is 6.98. The first-order valence-corrected chi connectivity index (χ1v) is 10.9. The minimum Gasteiger partial charge on any atom is -0.327 e. The number of fused-ring (bicyclic) bond motifs is 6. The molecule has 0 saturated carbocycles. The zero-order valence-electron chi connectivity index (χ0n) is 17.0. The van der Waals surface area contributed by atoms with Crippen molar-refractivity contribution >= 4 is 32.3 Å². The molecule has 146 valence electrons. The molecule has 2 N–H and O–H groups in total. The Hall–Kier alpha value is -3.16. The van der Waals surface area contributed by atoms with Gasteiger partial charge in [0.2, 0.25) is 0 Å². The maximum Gasteiger partial charge on any atom is 0.0114 e. The Morgan fingerprint density at radius 3 is 2.27 bits per heavy atom. The van der Waals surface area contributed by atoms with Gasteiger partial charge in [0.15, 0.2) is 0 Å². The van der Waals surface area contributed by atoms with Gasteiger partial charge in [-0.3, -0.25) is 0 Å². The summed E-state index contributed by atoms with van der Waals surface area (Å²) in [6.45, 7) is 0. The number of benzene rings is 5. The van der Waals surface area contributed by atoms with Crippen LogP contribution >= 0.6 is 0 Å². The maximum atomic E-state index is 6.58. The van der Waals surface area contributed by atoms with Gasteiger partial charge < -0.3 is 5.73 Å². The summed E-state index contributed by atoms with van der Waals surface area (Å²) in [4.78, 5) is 0. The zero-order valence-corrected chi connectivity index (χ0v) is 17.0. The third kappa shape index (κ3) is 2.81. The lowest BCUT2D eigenvalue weighted by atomic mass is 9.76. The van der Waals surface area contributed by atoms with E-state index in [0.717, 1.165) is 19.3 Å². The highest BCUT2D eigenvalue weighted by atomic mass is 14.7. The molecule has 1 aliphatic carbocycles. The molecule has 5 aromatic carbocycles. The van der Waals surface area contributed by atoms with Crippen LogP contribution in [0.3, 0.4) is 0 Å². The molecule has 0 fully saturated rings. The highest BCUT2D eigenvalue weighted by molar-refractivity contribution is 6.17. The van der Waals surface area contributed by atoms with Gasteiger partial charge in [-0.1, -0.05) is 91.0 Å². The molecule has 5 aromatic rings. The summed E-state index contributed by atoms with van der Waals surface area (Å²) in [7, 11) is 0. The van der Waals surface area contributed by atoms with Crippen LogP contribution in [0.4, 0.5) is 0 Å². The summed E-state index contributed by atoms with van der Waals surface area (Å²) in [6.07, 6.45) is 3.18. The summed E-state index contributed by atoms with van der Waals surface area (Å²) in [5, 5.41) is 7.93. The van der Waals surface area contributed by atoms with E-state index in [-0.39, 0.29) is 6.04 Å². The monoisotopic (exact) mass is 387 g/mol. The minimum atomic E-state index is 0.235. The smallest absolute Gasteiger partial charge is 0.0114 e. The number of rotatable bonds is 2. The fourth-order valence-electron chi connectivity index (χ4n) is 5.40. The van der Waals surface area contributed by atoms with Crippen molar-refractivity contribution in [2.45, 2.75) is 31.2 Å². The summed E-state index contributed by atoms with van der Waals surface area (Å²) in [5.74, 6) is 0.400. The van der Waals surface area contributed by atoms with Gasteiger partial charge in [-0.15, -0.1) is 0 Å². The Balaban J connectivity index is 1.43. The van der Waals surface area contributed by atoms with E-state index in [4.69, 9.17) is 5.73 Å². The molecule has 0 radical (unpaired) electrons. The number of hydrogen-bond donors (Lipinski definition) is 1. The van der Waals surface area contributed by atoms with Crippen molar-refractivity contribution in [3.8, 4) is 0 Å². The summed E-state index contributed by atoms with van der Waals surface area (Å²) in [5.41, 5.74) is 10.9. The first kappa shape index (κ1) is 17.7. The molecule has 0 heterocycles. The summed E-state index contributed by atoms with van der Waals surface area (Å²) >= 11 is 0. The molecule has 0 saturated heterocycles. The Labute approximate surface area is 177 Å². The molecule has 2 atom stereocenters. The molecule has 0 amide bonds. The predicted octanol–water partition coefficient (Wildman–Crippen LogP) is 6.75. The molecule has 6 rings (SSSR count). The fourth-order valence-corrected chi connectivity index (χ4v) is 5.40. The second-order valence-electron chi connectivity index (χ2n) is 8.71. The molecular formula is C29H25N. The Morgan fingerprint density at radius 2 is 1.37 bits per heavy atom.